The molecule has 0 unspecified atom stereocenters. The van der Waals surface area contributed by atoms with Crippen LogP contribution in [0, 0.1) is 5.92 Å². The van der Waals surface area contributed by atoms with E-state index in [0.29, 0.717) is 30.5 Å². The van der Waals surface area contributed by atoms with Crippen molar-refractivity contribution in [1.29, 1.82) is 0 Å². The molecule has 0 aromatic carbocycles. The fourth-order valence-corrected chi connectivity index (χ4v) is 4.15. The number of fused-ring (bicyclic) bond motifs is 3. The highest BCUT2D eigenvalue weighted by molar-refractivity contribution is 6.05. The largest absolute Gasteiger partial charge is 0.432 e. The van der Waals surface area contributed by atoms with Gasteiger partial charge in [0.2, 0.25) is 11.7 Å². The van der Waals surface area contributed by atoms with Crippen molar-refractivity contribution in [3.05, 3.63) is 30.1 Å². The molecule has 0 bridgehead atoms. The number of furan rings is 1. The molecule has 1 aliphatic carbocycles. The predicted molar refractivity (Wildman–Crippen MR) is 113 cm³/mol. The summed E-state index contributed by atoms with van der Waals surface area (Å²) >= 11 is 0. The van der Waals surface area contributed by atoms with E-state index in [-0.39, 0.29) is 0 Å². The van der Waals surface area contributed by atoms with Gasteiger partial charge in [-0.15, -0.1) is 0 Å². The van der Waals surface area contributed by atoms with Gasteiger partial charge in [0, 0.05) is 25.4 Å². The first-order chi connectivity index (χ1) is 14.8. The van der Waals surface area contributed by atoms with E-state index in [1.54, 1.807) is 6.20 Å². The van der Waals surface area contributed by atoms with Gasteiger partial charge in [0.25, 0.3) is 0 Å². The number of aromatic amines is 1. The normalized spacial score (nSPS) is 17.5. The smallest absolute Gasteiger partial charge is 0.231 e. The molecule has 154 valence electrons. The summed E-state index contributed by atoms with van der Waals surface area (Å²) < 4.78 is 11.6. The van der Waals surface area contributed by atoms with E-state index in [4.69, 9.17) is 19.1 Å². The SMILES string of the molecule is c1cnc2oc3c(N4CCOCC4)nc(Nc4cc(CC5CCC5)n[nH]4)nc3c2c1. The van der Waals surface area contributed by atoms with Crippen LogP contribution >= 0.6 is 0 Å². The molecule has 1 saturated heterocycles. The molecule has 1 saturated carbocycles. The van der Waals surface area contributed by atoms with Gasteiger partial charge in [0.1, 0.15) is 11.3 Å². The van der Waals surface area contributed by atoms with Gasteiger partial charge in [-0.1, -0.05) is 19.3 Å². The molecule has 0 radical (unpaired) electrons. The summed E-state index contributed by atoms with van der Waals surface area (Å²) in [5, 5.41) is 11.7. The van der Waals surface area contributed by atoms with Gasteiger partial charge in [0.05, 0.1) is 24.3 Å². The maximum Gasteiger partial charge on any atom is 0.231 e. The Morgan fingerprint density at radius 2 is 2.10 bits per heavy atom. The van der Waals surface area contributed by atoms with Crippen molar-refractivity contribution < 1.29 is 9.15 Å². The van der Waals surface area contributed by atoms with Crippen molar-refractivity contribution in [2.24, 2.45) is 5.92 Å². The lowest BCUT2D eigenvalue weighted by Gasteiger charge is -2.27. The standard InChI is InChI=1S/C21H23N7O2/c1-3-13(4-1)11-14-12-16(27-26-14)23-21-24-17-15-5-2-6-22-20(15)30-18(17)19(25-21)28-7-9-29-10-8-28/h2,5-6,12-13H,1,3-4,7-11H2,(H2,23,24,25,26,27). The number of nitrogens with zero attached hydrogens (tertiary/aromatic N) is 5. The molecule has 30 heavy (non-hydrogen) atoms. The monoisotopic (exact) mass is 405 g/mol. The van der Waals surface area contributed by atoms with Crippen LogP contribution in [0.1, 0.15) is 25.0 Å². The Hall–Kier alpha value is -3.20. The average molecular weight is 405 g/mol. The third-order valence-electron chi connectivity index (χ3n) is 5.98. The van der Waals surface area contributed by atoms with Crippen molar-refractivity contribution in [1.82, 2.24) is 25.1 Å². The highest BCUT2D eigenvalue weighted by Crippen LogP contribution is 2.34. The Bertz CT molecular complexity index is 1190. The second kappa shape index (κ2) is 7.24. The van der Waals surface area contributed by atoms with Gasteiger partial charge >= 0.3 is 0 Å². The Morgan fingerprint density at radius 1 is 1.20 bits per heavy atom. The number of H-pyrrole nitrogens is 1. The number of pyridine rings is 1. The second-order valence-electron chi connectivity index (χ2n) is 8.01. The zero-order chi connectivity index (χ0) is 19.9. The van der Waals surface area contributed by atoms with Gasteiger partial charge in [-0.25, -0.2) is 9.97 Å². The van der Waals surface area contributed by atoms with Gasteiger partial charge in [-0.05, 0) is 24.5 Å². The first-order valence-electron chi connectivity index (χ1n) is 10.5. The van der Waals surface area contributed by atoms with Gasteiger partial charge in [0.15, 0.2) is 11.4 Å². The van der Waals surface area contributed by atoms with E-state index < -0.39 is 0 Å². The summed E-state index contributed by atoms with van der Waals surface area (Å²) in [6.07, 6.45) is 6.70. The number of hydrogen-bond acceptors (Lipinski definition) is 8. The molecule has 9 heteroatoms. The molecule has 5 heterocycles. The van der Waals surface area contributed by atoms with Crippen molar-refractivity contribution >= 4 is 39.8 Å². The second-order valence-corrected chi connectivity index (χ2v) is 8.01. The molecule has 2 aliphatic rings. The lowest BCUT2D eigenvalue weighted by atomic mass is 9.82. The Kier molecular flexibility index (Phi) is 4.26. The maximum atomic E-state index is 6.04. The Balaban J connectivity index is 1.38. The first-order valence-corrected chi connectivity index (χ1v) is 10.5. The van der Waals surface area contributed by atoms with Crippen LogP contribution < -0.4 is 10.2 Å². The van der Waals surface area contributed by atoms with Crippen molar-refractivity contribution in [3.8, 4) is 0 Å². The molecule has 4 aromatic rings. The van der Waals surface area contributed by atoms with E-state index in [0.717, 1.165) is 53.7 Å². The lowest BCUT2D eigenvalue weighted by Crippen LogP contribution is -2.37. The first kappa shape index (κ1) is 17.6. The van der Waals surface area contributed by atoms with Crippen LogP contribution in [0.25, 0.3) is 22.2 Å². The summed E-state index contributed by atoms with van der Waals surface area (Å²) in [7, 11) is 0. The molecular weight excluding hydrogens is 382 g/mol. The third kappa shape index (κ3) is 3.15. The quantitative estimate of drug-likeness (QED) is 0.520. The van der Waals surface area contributed by atoms with E-state index in [9.17, 15) is 0 Å². The molecule has 0 spiro atoms. The van der Waals surface area contributed by atoms with Gasteiger partial charge < -0.3 is 19.4 Å². The van der Waals surface area contributed by atoms with Gasteiger partial charge in [-0.2, -0.15) is 10.1 Å². The molecule has 0 amide bonds. The van der Waals surface area contributed by atoms with E-state index in [1.807, 2.05) is 12.1 Å². The summed E-state index contributed by atoms with van der Waals surface area (Å²) in [5.41, 5.74) is 3.06. The van der Waals surface area contributed by atoms with Crippen LogP contribution in [-0.2, 0) is 11.2 Å². The van der Waals surface area contributed by atoms with Crippen LogP contribution in [0.15, 0.2) is 28.8 Å². The molecule has 6 rings (SSSR count). The third-order valence-corrected chi connectivity index (χ3v) is 5.98. The average Bonchev–Trinajstić information content (AvgIpc) is 3.35. The van der Waals surface area contributed by atoms with Crippen LogP contribution in [-0.4, -0.2) is 51.5 Å². The van der Waals surface area contributed by atoms with Crippen LogP contribution in [0.3, 0.4) is 0 Å². The summed E-state index contributed by atoms with van der Waals surface area (Å²) in [6.45, 7) is 2.84. The number of rotatable bonds is 5. The highest BCUT2D eigenvalue weighted by Gasteiger charge is 2.23. The summed E-state index contributed by atoms with van der Waals surface area (Å²) in [6, 6.07) is 5.92. The molecule has 2 N–H and O–H groups in total. The number of hydrogen-bond donors (Lipinski definition) is 2. The number of aromatic nitrogens is 5. The fraction of sp³-hybridized carbons (Fsp3) is 0.429. The summed E-state index contributed by atoms with van der Waals surface area (Å²) in [4.78, 5) is 16.1. The van der Waals surface area contributed by atoms with Crippen LogP contribution in [0.5, 0.6) is 0 Å². The molecular formula is C21H23N7O2. The predicted octanol–water partition coefficient (Wildman–Crippen LogP) is 3.42. The van der Waals surface area contributed by atoms with E-state index in [2.05, 4.69) is 31.5 Å². The van der Waals surface area contributed by atoms with Crippen molar-refractivity contribution in [3.63, 3.8) is 0 Å². The summed E-state index contributed by atoms with van der Waals surface area (Å²) in [5.74, 6) is 2.83. The minimum absolute atomic E-state index is 0.509. The molecule has 0 atom stereocenters. The number of nitrogens with one attached hydrogen (secondary N) is 2. The van der Waals surface area contributed by atoms with Crippen LogP contribution in [0.4, 0.5) is 17.6 Å². The fourth-order valence-electron chi connectivity index (χ4n) is 4.15. The van der Waals surface area contributed by atoms with Crippen molar-refractivity contribution in [2.45, 2.75) is 25.7 Å². The zero-order valence-electron chi connectivity index (χ0n) is 16.6. The number of morpholine rings is 1. The van der Waals surface area contributed by atoms with E-state index >= 15 is 0 Å². The molecule has 2 fully saturated rings. The Labute approximate surface area is 172 Å². The van der Waals surface area contributed by atoms with E-state index in [1.165, 1.54) is 19.3 Å². The lowest BCUT2D eigenvalue weighted by molar-refractivity contribution is 0.122. The number of ether oxygens (including phenoxy) is 1. The van der Waals surface area contributed by atoms with Crippen molar-refractivity contribution in [2.75, 3.05) is 36.5 Å². The van der Waals surface area contributed by atoms with Crippen LogP contribution in [0.2, 0.25) is 0 Å². The highest BCUT2D eigenvalue weighted by atomic mass is 16.5. The molecule has 9 nitrogen and oxygen atoms in total. The molecule has 1 aliphatic heterocycles. The minimum Gasteiger partial charge on any atom is -0.432 e. The maximum absolute atomic E-state index is 6.04. The molecule has 4 aromatic heterocycles. The number of anilines is 3. The minimum atomic E-state index is 0.509. The topological polar surface area (TPSA) is 105 Å². The Morgan fingerprint density at radius 3 is 2.93 bits per heavy atom. The zero-order valence-corrected chi connectivity index (χ0v) is 16.6. The van der Waals surface area contributed by atoms with Gasteiger partial charge in [-0.3, -0.25) is 5.10 Å².